The summed E-state index contributed by atoms with van der Waals surface area (Å²) >= 11 is 0. The van der Waals surface area contributed by atoms with Gasteiger partial charge in [-0.2, -0.15) is 0 Å². The maximum Gasteiger partial charge on any atom is 0.344 e. The fourth-order valence-corrected chi connectivity index (χ4v) is 4.54. The van der Waals surface area contributed by atoms with Gasteiger partial charge in [-0.25, -0.2) is 14.6 Å². The second kappa shape index (κ2) is 9.46. The van der Waals surface area contributed by atoms with E-state index in [-0.39, 0.29) is 11.4 Å². The number of carboxylic acid groups (broad SMARTS) is 1. The van der Waals surface area contributed by atoms with Crippen molar-refractivity contribution in [2.45, 2.75) is 6.92 Å². The first-order valence-electron chi connectivity index (χ1n) is 12.1. The van der Waals surface area contributed by atoms with Gasteiger partial charge >= 0.3 is 11.9 Å². The summed E-state index contributed by atoms with van der Waals surface area (Å²) in [4.78, 5) is 33.5. The molecule has 0 spiro atoms. The number of ether oxygens (including phenoxy) is 2. The van der Waals surface area contributed by atoms with Gasteiger partial charge in [-0.05, 0) is 67.6 Å². The van der Waals surface area contributed by atoms with Gasteiger partial charge in [0.15, 0.2) is 0 Å². The van der Waals surface area contributed by atoms with Crippen LogP contribution in [-0.2, 0) is 0 Å². The van der Waals surface area contributed by atoms with Crippen molar-refractivity contribution >= 4 is 33.7 Å². The number of aryl methyl sites for hydroxylation is 1. The number of hydrogen-bond donors (Lipinski definition) is 1. The van der Waals surface area contributed by atoms with Crippen molar-refractivity contribution in [1.29, 1.82) is 0 Å². The Balaban J connectivity index is 1.36. The number of hydrogen-bond acceptors (Lipinski definition) is 6. The molecule has 0 radical (unpaired) electrons. The van der Waals surface area contributed by atoms with E-state index in [1.807, 2.05) is 48.0 Å². The zero-order valence-electron chi connectivity index (χ0n) is 21.0. The summed E-state index contributed by atoms with van der Waals surface area (Å²) in [7, 11) is 1.57. The van der Waals surface area contributed by atoms with E-state index in [4.69, 9.17) is 9.47 Å². The molecule has 0 aliphatic heterocycles. The molecule has 0 fully saturated rings. The Morgan fingerprint density at radius 2 is 1.54 bits per heavy atom. The molecule has 9 nitrogen and oxygen atoms in total. The van der Waals surface area contributed by atoms with Crippen LogP contribution in [0.2, 0.25) is 0 Å². The molecule has 0 aliphatic carbocycles. The van der Waals surface area contributed by atoms with Gasteiger partial charge in [-0.1, -0.05) is 0 Å². The van der Waals surface area contributed by atoms with Crippen molar-refractivity contribution in [2.24, 2.45) is 0 Å². The molecule has 6 aromatic rings. The highest BCUT2D eigenvalue weighted by molar-refractivity contribution is 5.98. The average Bonchev–Trinajstić information content (AvgIpc) is 3.54. The summed E-state index contributed by atoms with van der Waals surface area (Å²) in [5.74, 6) is -0.798. The lowest BCUT2D eigenvalue weighted by Crippen LogP contribution is -2.11. The number of carboxylic acids is 1. The molecular weight excluding hydrogens is 496 g/mol. The molecule has 192 valence electrons. The first-order valence-corrected chi connectivity index (χ1v) is 12.1. The van der Waals surface area contributed by atoms with Crippen LogP contribution >= 0.6 is 0 Å². The number of nitrogens with zero attached hydrogens (tertiary/aromatic N) is 4. The van der Waals surface area contributed by atoms with Crippen LogP contribution in [-0.4, -0.2) is 43.3 Å². The topological polar surface area (TPSA) is 108 Å². The van der Waals surface area contributed by atoms with Gasteiger partial charge in [-0.3, -0.25) is 9.55 Å². The van der Waals surface area contributed by atoms with Crippen molar-refractivity contribution in [1.82, 2.24) is 19.1 Å². The predicted octanol–water partition coefficient (Wildman–Crippen LogP) is 5.60. The Kier molecular flexibility index (Phi) is 5.80. The summed E-state index contributed by atoms with van der Waals surface area (Å²) in [6, 6.07) is 21.1. The van der Waals surface area contributed by atoms with E-state index in [1.54, 1.807) is 60.5 Å². The number of esters is 1. The molecular formula is C30H22N4O5. The Morgan fingerprint density at radius 1 is 0.795 bits per heavy atom. The number of pyridine rings is 2. The smallest absolute Gasteiger partial charge is 0.344 e. The maximum atomic E-state index is 13.3. The minimum Gasteiger partial charge on any atom is -0.481 e. The molecule has 6 rings (SSSR count). The van der Waals surface area contributed by atoms with E-state index >= 15 is 0 Å². The third-order valence-electron chi connectivity index (χ3n) is 6.50. The van der Waals surface area contributed by atoms with Crippen molar-refractivity contribution in [2.75, 3.05) is 7.11 Å². The maximum absolute atomic E-state index is 13.3. The van der Waals surface area contributed by atoms with Crippen LogP contribution in [0.15, 0.2) is 91.4 Å². The van der Waals surface area contributed by atoms with E-state index in [0.717, 1.165) is 22.3 Å². The third-order valence-corrected chi connectivity index (χ3v) is 6.50. The highest BCUT2D eigenvalue weighted by atomic mass is 16.5. The van der Waals surface area contributed by atoms with E-state index < -0.39 is 11.9 Å². The quantitative estimate of drug-likeness (QED) is 0.286. The number of fused-ring (bicyclic) bond motifs is 2. The Labute approximate surface area is 222 Å². The van der Waals surface area contributed by atoms with Crippen LogP contribution in [0.5, 0.6) is 11.8 Å². The van der Waals surface area contributed by atoms with Gasteiger partial charge in [0.1, 0.15) is 0 Å². The molecule has 4 aromatic heterocycles. The first kappa shape index (κ1) is 23.9. The Bertz CT molecular complexity index is 1870. The molecule has 9 heteroatoms. The van der Waals surface area contributed by atoms with E-state index in [0.29, 0.717) is 28.0 Å². The van der Waals surface area contributed by atoms with Crippen LogP contribution in [0.25, 0.3) is 33.2 Å². The molecule has 0 aliphatic rings. The van der Waals surface area contributed by atoms with Crippen molar-refractivity contribution in [3.8, 4) is 23.1 Å². The second-order valence-electron chi connectivity index (χ2n) is 8.96. The highest BCUT2D eigenvalue weighted by Crippen LogP contribution is 2.31. The van der Waals surface area contributed by atoms with Crippen molar-refractivity contribution in [3.63, 3.8) is 0 Å². The predicted molar refractivity (Wildman–Crippen MR) is 145 cm³/mol. The molecule has 0 atom stereocenters. The number of methoxy groups -OCH3 is 1. The fraction of sp³-hybridized carbons (Fsp3) is 0.0667. The van der Waals surface area contributed by atoms with E-state index in [1.165, 1.54) is 6.07 Å². The second-order valence-corrected chi connectivity index (χ2v) is 8.96. The molecule has 0 saturated carbocycles. The van der Waals surface area contributed by atoms with Gasteiger partial charge < -0.3 is 19.1 Å². The standard InChI is InChI=1S/C30H22N4O5/c1-18-3-6-24(17-31-18)34-26-9-4-20(29(35)36)14-22(26)15-28(34)39-30(37)21-5-8-25-19(13-21)11-12-33(25)23-7-10-27(38-2)32-16-23/h3-17H,1-2H3,(H,35,36). The average molecular weight is 519 g/mol. The molecule has 0 amide bonds. The number of rotatable bonds is 6. The van der Waals surface area contributed by atoms with Crippen LogP contribution in [0.3, 0.4) is 0 Å². The zero-order chi connectivity index (χ0) is 27.1. The summed E-state index contributed by atoms with van der Waals surface area (Å²) < 4.78 is 14.7. The number of benzene rings is 2. The monoisotopic (exact) mass is 518 g/mol. The molecule has 1 N–H and O–H groups in total. The highest BCUT2D eigenvalue weighted by Gasteiger charge is 2.19. The molecule has 39 heavy (non-hydrogen) atoms. The SMILES string of the molecule is COc1ccc(-n2ccc3cc(C(=O)Oc4cc5cc(C(=O)O)ccc5n4-c4ccc(C)nc4)ccc32)cn1. The van der Waals surface area contributed by atoms with Gasteiger partial charge in [-0.15, -0.1) is 0 Å². The van der Waals surface area contributed by atoms with Gasteiger partial charge in [0.25, 0.3) is 0 Å². The Morgan fingerprint density at radius 3 is 2.26 bits per heavy atom. The van der Waals surface area contributed by atoms with Gasteiger partial charge in [0, 0.05) is 34.8 Å². The number of aromatic nitrogens is 4. The summed E-state index contributed by atoms with van der Waals surface area (Å²) in [5.41, 5.74) is 4.49. The zero-order valence-corrected chi connectivity index (χ0v) is 21.0. The number of carbonyl (C=O) groups excluding carboxylic acids is 1. The Hall–Kier alpha value is -5.44. The van der Waals surface area contributed by atoms with Crippen molar-refractivity contribution in [3.05, 3.63) is 108 Å². The first-order chi connectivity index (χ1) is 18.9. The normalized spacial score (nSPS) is 11.1. The van der Waals surface area contributed by atoms with E-state index in [2.05, 4.69) is 9.97 Å². The summed E-state index contributed by atoms with van der Waals surface area (Å²) in [6.07, 6.45) is 5.31. The minimum absolute atomic E-state index is 0.140. The lowest BCUT2D eigenvalue weighted by molar-refractivity contribution is 0.0693. The number of carbonyl (C=O) groups is 2. The van der Waals surface area contributed by atoms with Crippen molar-refractivity contribution < 1.29 is 24.2 Å². The van der Waals surface area contributed by atoms with Gasteiger partial charge in [0.05, 0.1) is 53.0 Å². The van der Waals surface area contributed by atoms with Crippen LogP contribution in [0.1, 0.15) is 26.4 Å². The van der Waals surface area contributed by atoms with Crippen LogP contribution < -0.4 is 9.47 Å². The summed E-state index contributed by atoms with van der Waals surface area (Å²) in [5, 5.41) is 10.9. The molecule has 0 saturated heterocycles. The third kappa shape index (κ3) is 4.36. The lowest BCUT2D eigenvalue weighted by Gasteiger charge is -2.11. The number of aromatic carboxylic acids is 1. The van der Waals surface area contributed by atoms with Gasteiger partial charge in [0.2, 0.25) is 11.8 Å². The van der Waals surface area contributed by atoms with E-state index in [9.17, 15) is 14.7 Å². The summed E-state index contributed by atoms with van der Waals surface area (Å²) in [6.45, 7) is 1.88. The lowest BCUT2D eigenvalue weighted by atomic mass is 10.1. The van der Waals surface area contributed by atoms with Crippen LogP contribution in [0.4, 0.5) is 0 Å². The minimum atomic E-state index is -1.04. The van der Waals surface area contributed by atoms with Crippen LogP contribution in [0, 0.1) is 6.92 Å². The fourth-order valence-electron chi connectivity index (χ4n) is 4.54. The largest absolute Gasteiger partial charge is 0.481 e. The molecule has 2 aromatic carbocycles. The molecule has 4 heterocycles. The molecule has 0 unspecified atom stereocenters. The molecule has 0 bridgehead atoms.